The maximum Gasteiger partial charge on any atom is 0.269 e. The largest absolute Gasteiger partial charge is 0.305 e. The topological polar surface area (TPSA) is 83.8 Å². The summed E-state index contributed by atoms with van der Waals surface area (Å²) in [6, 6.07) is 22.0. The third kappa shape index (κ3) is 3.85. The van der Waals surface area contributed by atoms with E-state index in [1.54, 1.807) is 40.1 Å². The molecule has 1 heterocycles. The Bertz CT molecular complexity index is 1160. The number of carbonyl (C=O) groups excluding carboxylic acids is 2. The first-order chi connectivity index (χ1) is 15.4. The zero-order valence-electron chi connectivity index (χ0n) is 17.8. The van der Waals surface area contributed by atoms with E-state index in [-0.39, 0.29) is 23.5 Å². The van der Waals surface area contributed by atoms with E-state index in [2.05, 4.69) is 0 Å². The molecule has 3 aromatic rings. The Hall–Kier alpha value is -4.00. The van der Waals surface area contributed by atoms with Crippen LogP contribution in [0.1, 0.15) is 42.2 Å². The van der Waals surface area contributed by atoms with Crippen LogP contribution in [0, 0.1) is 10.1 Å². The summed E-state index contributed by atoms with van der Waals surface area (Å²) in [4.78, 5) is 40.5. The molecule has 1 aliphatic rings. The number of para-hydroxylation sites is 1. The molecule has 2 atom stereocenters. The normalized spacial score (nSPS) is 17.4. The molecule has 0 fully saturated rings. The summed E-state index contributed by atoms with van der Waals surface area (Å²) in [5.41, 5.74) is 2.33. The predicted octanol–water partition coefficient (Wildman–Crippen LogP) is 5.13. The summed E-state index contributed by atoms with van der Waals surface area (Å²) in [5.74, 6) is -0.352. The van der Waals surface area contributed by atoms with Crippen LogP contribution in [-0.4, -0.2) is 22.8 Å². The third-order valence-electron chi connectivity index (χ3n) is 5.77. The highest BCUT2D eigenvalue weighted by Crippen LogP contribution is 2.44. The van der Waals surface area contributed by atoms with Gasteiger partial charge in [-0.3, -0.25) is 19.7 Å². The van der Waals surface area contributed by atoms with E-state index in [0.717, 1.165) is 0 Å². The molecule has 1 aliphatic heterocycles. The minimum absolute atomic E-state index is 0.0769. The average Bonchev–Trinajstić information content (AvgIpc) is 2.79. The van der Waals surface area contributed by atoms with Crippen molar-refractivity contribution in [3.63, 3.8) is 0 Å². The third-order valence-corrected chi connectivity index (χ3v) is 5.77. The molecule has 32 heavy (non-hydrogen) atoms. The van der Waals surface area contributed by atoms with E-state index in [1.165, 1.54) is 19.1 Å². The lowest BCUT2D eigenvalue weighted by Crippen LogP contribution is -2.47. The molecule has 162 valence electrons. The predicted molar refractivity (Wildman–Crippen MR) is 123 cm³/mol. The molecule has 0 aromatic heterocycles. The van der Waals surface area contributed by atoms with Crippen molar-refractivity contribution in [1.82, 2.24) is 0 Å². The van der Waals surface area contributed by atoms with Crippen LogP contribution in [-0.2, 0) is 4.79 Å². The van der Waals surface area contributed by atoms with Gasteiger partial charge in [0.2, 0.25) is 5.91 Å². The van der Waals surface area contributed by atoms with Crippen LogP contribution >= 0.6 is 0 Å². The van der Waals surface area contributed by atoms with Gasteiger partial charge in [0.1, 0.15) is 0 Å². The highest BCUT2D eigenvalue weighted by Gasteiger charge is 2.39. The summed E-state index contributed by atoms with van der Waals surface area (Å²) in [6.45, 7) is 3.41. The second-order valence-corrected chi connectivity index (χ2v) is 7.87. The molecule has 4 rings (SSSR count). The summed E-state index contributed by atoms with van der Waals surface area (Å²) in [5, 5.41) is 11.5. The van der Waals surface area contributed by atoms with Gasteiger partial charge in [-0.2, -0.15) is 0 Å². The van der Waals surface area contributed by atoms with Crippen LogP contribution in [0.4, 0.5) is 17.1 Å². The highest BCUT2D eigenvalue weighted by atomic mass is 16.6. The van der Waals surface area contributed by atoms with Crippen molar-refractivity contribution in [2.45, 2.75) is 32.4 Å². The quantitative estimate of drug-likeness (QED) is 0.425. The van der Waals surface area contributed by atoms with Crippen LogP contribution in [0.2, 0.25) is 0 Å². The Morgan fingerprint density at radius 1 is 1.00 bits per heavy atom. The molecule has 3 aromatic carbocycles. The summed E-state index contributed by atoms with van der Waals surface area (Å²) in [6.07, 6.45) is 0.446. The van der Waals surface area contributed by atoms with Crippen molar-refractivity contribution in [1.29, 1.82) is 0 Å². The van der Waals surface area contributed by atoms with Crippen LogP contribution in [0.5, 0.6) is 0 Å². The van der Waals surface area contributed by atoms with Gasteiger partial charge >= 0.3 is 0 Å². The van der Waals surface area contributed by atoms with Crippen molar-refractivity contribution < 1.29 is 14.5 Å². The van der Waals surface area contributed by atoms with Gasteiger partial charge in [0.25, 0.3) is 11.6 Å². The van der Waals surface area contributed by atoms with Gasteiger partial charge in [0.15, 0.2) is 0 Å². The molecular formula is C25H23N3O4. The van der Waals surface area contributed by atoms with Crippen LogP contribution < -0.4 is 9.80 Å². The van der Waals surface area contributed by atoms with E-state index in [0.29, 0.717) is 28.9 Å². The monoisotopic (exact) mass is 429 g/mol. The van der Waals surface area contributed by atoms with Crippen LogP contribution in [0.15, 0.2) is 78.9 Å². The van der Waals surface area contributed by atoms with E-state index >= 15 is 0 Å². The standard InChI is InChI=1S/C25H23N3O4/c1-17-15-24(27(18(2)29)20-11-7-4-8-12-20)22-16-21(28(31)32)13-14-23(22)26(17)25(30)19-9-5-3-6-10-19/h3-14,16-17,24H,15H2,1-2H3. The Kier molecular flexibility index (Phi) is 5.73. The molecule has 0 N–H and O–H groups in total. The summed E-state index contributed by atoms with van der Waals surface area (Å²) in [7, 11) is 0. The van der Waals surface area contributed by atoms with Crippen LogP contribution in [0.25, 0.3) is 0 Å². The van der Waals surface area contributed by atoms with Crippen LogP contribution in [0.3, 0.4) is 0 Å². The molecule has 7 heteroatoms. The second kappa shape index (κ2) is 8.63. The van der Waals surface area contributed by atoms with E-state index in [1.807, 2.05) is 43.3 Å². The maximum absolute atomic E-state index is 13.4. The molecule has 2 amide bonds. The molecule has 0 radical (unpaired) electrons. The molecule has 0 saturated carbocycles. The zero-order chi connectivity index (χ0) is 22.8. The number of non-ortho nitro benzene ring substituents is 1. The number of nitrogens with zero attached hydrogens (tertiary/aromatic N) is 3. The van der Waals surface area contributed by atoms with Crippen molar-refractivity contribution >= 4 is 28.9 Å². The number of rotatable bonds is 4. The second-order valence-electron chi connectivity index (χ2n) is 7.87. The van der Waals surface area contributed by atoms with Crippen molar-refractivity contribution in [2.75, 3.05) is 9.80 Å². The summed E-state index contributed by atoms with van der Waals surface area (Å²) < 4.78 is 0. The number of benzene rings is 3. The molecule has 2 unspecified atom stereocenters. The minimum atomic E-state index is -0.459. The first kappa shape index (κ1) is 21.2. The fraction of sp³-hybridized carbons (Fsp3) is 0.200. The first-order valence-electron chi connectivity index (χ1n) is 10.4. The minimum Gasteiger partial charge on any atom is -0.305 e. The van der Waals surface area contributed by atoms with E-state index in [4.69, 9.17) is 0 Å². The Balaban J connectivity index is 1.87. The fourth-order valence-electron chi connectivity index (χ4n) is 4.38. The molecule has 0 bridgehead atoms. The Morgan fingerprint density at radius 3 is 2.22 bits per heavy atom. The van der Waals surface area contributed by atoms with Gasteiger partial charge in [-0.05, 0) is 43.7 Å². The molecule has 0 aliphatic carbocycles. The van der Waals surface area contributed by atoms with Gasteiger partial charge in [-0.1, -0.05) is 36.4 Å². The number of anilines is 2. The van der Waals surface area contributed by atoms with Gasteiger partial charge in [0.05, 0.1) is 16.7 Å². The van der Waals surface area contributed by atoms with Crippen molar-refractivity contribution in [3.05, 3.63) is 100 Å². The molecule has 0 spiro atoms. The fourth-order valence-corrected chi connectivity index (χ4v) is 4.38. The number of amides is 2. The van der Waals surface area contributed by atoms with Gasteiger partial charge < -0.3 is 9.80 Å². The average molecular weight is 429 g/mol. The highest BCUT2D eigenvalue weighted by molar-refractivity contribution is 6.07. The lowest BCUT2D eigenvalue weighted by atomic mass is 9.89. The number of hydrogen-bond donors (Lipinski definition) is 0. The smallest absolute Gasteiger partial charge is 0.269 e. The number of nitro benzene ring substituents is 1. The molecule has 0 saturated heterocycles. The van der Waals surface area contributed by atoms with Gasteiger partial charge in [0, 0.05) is 41.9 Å². The zero-order valence-corrected chi connectivity index (χ0v) is 17.8. The van der Waals surface area contributed by atoms with Crippen molar-refractivity contribution in [3.8, 4) is 0 Å². The number of hydrogen-bond acceptors (Lipinski definition) is 4. The number of carbonyl (C=O) groups is 2. The van der Waals surface area contributed by atoms with Gasteiger partial charge in [-0.25, -0.2) is 0 Å². The lowest BCUT2D eigenvalue weighted by Gasteiger charge is -2.43. The Labute approximate surface area is 186 Å². The summed E-state index contributed by atoms with van der Waals surface area (Å²) >= 11 is 0. The van der Waals surface area contributed by atoms with E-state index in [9.17, 15) is 19.7 Å². The first-order valence-corrected chi connectivity index (χ1v) is 10.4. The molecular weight excluding hydrogens is 406 g/mol. The van der Waals surface area contributed by atoms with Crippen molar-refractivity contribution in [2.24, 2.45) is 0 Å². The molecule has 7 nitrogen and oxygen atoms in total. The Morgan fingerprint density at radius 2 is 1.62 bits per heavy atom. The maximum atomic E-state index is 13.4. The number of nitro groups is 1. The SMILES string of the molecule is CC(=O)N(c1ccccc1)C1CC(C)N(C(=O)c2ccccc2)c2ccc([N+](=O)[O-])cc21. The van der Waals surface area contributed by atoms with Gasteiger partial charge in [-0.15, -0.1) is 0 Å². The number of fused-ring (bicyclic) bond motifs is 1. The lowest BCUT2D eigenvalue weighted by molar-refractivity contribution is -0.384. The van der Waals surface area contributed by atoms with E-state index < -0.39 is 11.0 Å².